The Kier molecular flexibility index (Phi) is 11.4. The number of amides is 2. The van der Waals surface area contributed by atoms with E-state index >= 15 is 0 Å². The molecular formula is C41H68N2O6. The molecule has 5 rings (SSSR count). The van der Waals surface area contributed by atoms with Crippen LogP contribution in [0, 0.1) is 56.7 Å². The fraction of sp³-hybridized carbons (Fsp3) is 0.878. The highest BCUT2D eigenvalue weighted by Crippen LogP contribution is 2.77. The molecule has 49 heavy (non-hydrogen) atoms. The van der Waals surface area contributed by atoms with Crippen LogP contribution in [0.2, 0.25) is 0 Å². The van der Waals surface area contributed by atoms with Crippen LogP contribution in [0.25, 0.3) is 0 Å². The molecule has 8 heteroatoms. The van der Waals surface area contributed by atoms with Gasteiger partial charge in [-0.15, -0.1) is 0 Å². The molecule has 5 aliphatic carbocycles. The number of aliphatic hydroxyl groups excluding tert-OH is 2. The molecule has 10 atom stereocenters. The Bertz CT molecular complexity index is 1250. The lowest BCUT2D eigenvalue weighted by molar-refractivity contribution is -0.246. The van der Waals surface area contributed by atoms with Crippen LogP contribution in [0.15, 0.2) is 12.2 Å². The molecule has 2 amide bonds. The SMILES string of the molecule is C=C(CO)[C@@H]1CC[C@]2(C(=O)NCCCCCCCC(=O)NCC(=O)OC)CC[C@]3(C)[C@H](CCC4[C@@]5(C)CC[C@H](O)C(C)(C)[C@@H]5CC[C@]43C)[C@@H]12. The molecule has 0 radical (unpaired) electrons. The molecule has 0 aromatic heterocycles. The predicted molar refractivity (Wildman–Crippen MR) is 192 cm³/mol. The van der Waals surface area contributed by atoms with Crippen LogP contribution in [0.4, 0.5) is 0 Å². The topological polar surface area (TPSA) is 125 Å². The lowest BCUT2D eigenvalue weighted by atomic mass is 9.32. The lowest BCUT2D eigenvalue weighted by Gasteiger charge is -2.72. The number of esters is 1. The van der Waals surface area contributed by atoms with Gasteiger partial charge < -0.3 is 25.6 Å². The maximum Gasteiger partial charge on any atom is 0.325 e. The van der Waals surface area contributed by atoms with Gasteiger partial charge in [0.25, 0.3) is 0 Å². The van der Waals surface area contributed by atoms with Gasteiger partial charge in [-0.1, -0.05) is 60.5 Å². The molecule has 0 aromatic carbocycles. The van der Waals surface area contributed by atoms with Crippen molar-refractivity contribution >= 4 is 17.8 Å². The molecular weight excluding hydrogens is 616 g/mol. The zero-order valence-corrected chi connectivity index (χ0v) is 31.6. The molecule has 0 heterocycles. The van der Waals surface area contributed by atoms with Crippen LogP contribution >= 0.6 is 0 Å². The van der Waals surface area contributed by atoms with Crippen molar-refractivity contribution in [2.75, 3.05) is 26.8 Å². The van der Waals surface area contributed by atoms with Crippen LogP contribution in [-0.2, 0) is 19.1 Å². The molecule has 0 aromatic rings. The Morgan fingerprint density at radius 1 is 0.796 bits per heavy atom. The second-order valence-corrected chi connectivity index (χ2v) is 18.3. The Labute approximate surface area is 296 Å². The van der Waals surface area contributed by atoms with Gasteiger partial charge in [0.15, 0.2) is 0 Å². The summed E-state index contributed by atoms with van der Waals surface area (Å²) in [6, 6.07) is 0. The van der Waals surface area contributed by atoms with Gasteiger partial charge in [-0.25, -0.2) is 0 Å². The molecule has 0 spiro atoms. The third-order valence-corrected chi connectivity index (χ3v) is 16.1. The van der Waals surface area contributed by atoms with E-state index in [0.717, 1.165) is 82.6 Å². The van der Waals surface area contributed by atoms with Crippen molar-refractivity contribution in [3.63, 3.8) is 0 Å². The van der Waals surface area contributed by atoms with Crippen molar-refractivity contribution in [2.45, 2.75) is 143 Å². The maximum atomic E-state index is 14.4. The molecule has 0 aliphatic heterocycles. The van der Waals surface area contributed by atoms with E-state index in [9.17, 15) is 24.6 Å². The summed E-state index contributed by atoms with van der Waals surface area (Å²) >= 11 is 0. The van der Waals surface area contributed by atoms with E-state index in [1.807, 2.05) is 0 Å². The number of rotatable bonds is 13. The van der Waals surface area contributed by atoms with Gasteiger partial charge >= 0.3 is 5.97 Å². The van der Waals surface area contributed by atoms with E-state index in [1.165, 1.54) is 26.4 Å². The number of carbonyl (C=O) groups is 3. The Hall–Kier alpha value is -1.93. The normalized spacial score (nSPS) is 40.6. The minimum absolute atomic E-state index is 0.00765. The monoisotopic (exact) mass is 685 g/mol. The molecule has 4 N–H and O–H groups in total. The average Bonchev–Trinajstić information content (AvgIpc) is 3.47. The molecule has 5 saturated carbocycles. The van der Waals surface area contributed by atoms with E-state index in [1.54, 1.807) is 0 Å². The van der Waals surface area contributed by atoms with Crippen molar-refractivity contribution in [3.05, 3.63) is 12.2 Å². The summed E-state index contributed by atoms with van der Waals surface area (Å²) in [5.74, 6) is 1.61. The molecule has 278 valence electrons. The average molecular weight is 685 g/mol. The van der Waals surface area contributed by atoms with Crippen LogP contribution in [0.3, 0.4) is 0 Å². The minimum atomic E-state index is -0.445. The van der Waals surface area contributed by atoms with Gasteiger partial charge in [0.05, 0.1) is 25.2 Å². The van der Waals surface area contributed by atoms with Crippen LogP contribution < -0.4 is 10.6 Å². The summed E-state index contributed by atoms with van der Waals surface area (Å²) in [5, 5.41) is 27.4. The van der Waals surface area contributed by atoms with Gasteiger partial charge in [0.1, 0.15) is 6.54 Å². The summed E-state index contributed by atoms with van der Waals surface area (Å²) in [6.45, 7) is 17.3. The predicted octanol–water partition coefficient (Wildman–Crippen LogP) is 6.72. The van der Waals surface area contributed by atoms with E-state index in [0.29, 0.717) is 30.7 Å². The first-order valence-corrected chi connectivity index (χ1v) is 19.7. The minimum Gasteiger partial charge on any atom is -0.468 e. The highest BCUT2D eigenvalue weighted by Gasteiger charge is 2.71. The number of unbranched alkanes of at least 4 members (excludes halogenated alkanes) is 4. The quantitative estimate of drug-likeness (QED) is 0.0970. The summed E-state index contributed by atoms with van der Waals surface area (Å²) in [5.41, 5.74) is 0.964. The third kappa shape index (κ3) is 6.53. The van der Waals surface area contributed by atoms with Gasteiger partial charge in [-0.05, 0) is 134 Å². The van der Waals surface area contributed by atoms with Crippen molar-refractivity contribution < 1.29 is 29.3 Å². The third-order valence-electron chi connectivity index (χ3n) is 16.1. The second kappa shape index (κ2) is 14.6. The standard InChI is InChI=1S/C41H68N2O6/c1-27(26-44)28-16-21-41(36(48)42-24-12-10-8-9-11-13-33(46)43-25-34(47)49-7)23-22-39(5)29(35(28)41)14-15-31-38(4)19-18-32(45)37(2,3)30(38)17-20-40(31,39)6/h28-32,35,44-45H,1,8-26H2,2-7H3,(H,42,48)(H,43,46)/t28-,29+,30-,31?,32-,35+,38-,39+,40+,41-/m0/s1. The van der Waals surface area contributed by atoms with Gasteiger partial charge in [-0.3, -0.25) is 14.4 Å². The summed E-state index contributed by atoms with van der Waals surface area (Å²) in [7, 11) is 1.30. The van der Waals surface area contributed by atoms with Gasteiger partial charge in [-0.2, -0.15) is 0 Å². The van der Waals surface area contributed by atoms with Crippen LogP contribution in [0.1, 0.15) is 137 Å². The smallest absolute Gasteiger partial charge is 0.325 e. The number of carbonyl (C=O) groups excluding carboxylic acids is 3. The Balaban J connectivity index is 1.23. The fourth-order valence-electron chi connectivity index (χ4n) is 13.2. The molecule has 5 fully saturated rings. The number of hydrogen-bond acceptors (Lipinski definition) is 6. The van der Waals surface area contributed by atoms with Crippen molar-refractivity contribution in [2.24, 2.45) is 56.7 Å². The zero-order chi connectivity index (χ0) is 35.8. The number of hydrogen-bond donors (Lipinski definition) is 4. The maximum absolute atomic E-state index is 14.4. The number of methoxy groups -OCH3 is 1. The molecule has 1 unspecified atom stereocenters. The second-order valence-electron chi connectivity index (χ2n) is 18.3. The zero-order valence-electron chi connectivity index (χ0n) is 31.6. The van der Waals surface area contributed by atoms with E-state index in [-0.39, 0.29) is 64.6 Å². The van der Waals surface area contributed by atoms with Crippen LogP contribution in [-0.4, -0.2) is 60.9 Å². The summed E-state index contributed by atoms with van der Waals surface area (Å²) in [6.07, 6.45) is 15.3. The number of fused-ring (bicyclic) bond motifs is 7. The number of ether oxygens (including phenoxy) is 1. The van der Waals surface area contributed by atoms with Crippen molar-refractivity contribution in [1.29, 1.82) is 0 Å². The largest absolute Gasteiger partial charge is 0.468 e. The first-order valence-electron chi connectivity index (χ1n) is 19.7. The lowest BCUT2D eigenvalue weighted by Crippen LogP contribution is -2.67. The number of aliphatic hydroxyl groups is 2. The Morgan fingerprint density at radius 2 is 1.51 bits per heavy atom. The van der Waals surface area contributed by atoms with E-state index < -0.39 is 11.4 Å². The van der Waals surface area contributed by atoms with Gasteiger partial charge in [0.2, 0.25) is 11.8 Å². The fourth-order valence-corrected chi connectivity index (χ4v) is 13.2. The van der Waals surface area contributed by atoms with Crippen LogP contribution in [0.5, 0.6) is 0 Å². The van der Waals surface area contributed by atoms with E-state index in [4.69, 9.17) is 0 Å². The van der Waals surface area contributed by atoms with Crippen molar-refractivity contribution in [1.82, 2.24) is 10.6 Å². The molecule has 5 aliphatic rings. The number of nitrogens with one attached hydrogen (secondary N) is 2. The molecule has 0 bridgehead atoms. The molecule has 0 saturated heterocycles. The Morgan fingerprint density at radius 3 is 2.22 bits per heavy atom. The summed E-state index contributed by atoms with van der Waals surface area (Å²) in [4.78, 5) is 37.5. The highest BCUT2D eigenvalue weighted by atomic mass is 16.5. The van der Waals surface area contributed by atoms with Crippen molar-refractivity contribution in [3.8, 4) is 0 Å². The van der Waals surface area contributed by atoms with E-state index in [2.05, 4.69) is 56.6 Å². The first kappa shape index (κ1) is 38.3. The van der Waals surface area contributed by atoms with Gasteiger partial charge in [0, 0.05) is 13.0 Å². The summed E-state index contributed by atoms with van der Waals surface area (Å²) < 4.78 is 4.55. The highest BCUT2D eigenvalue weighted by molar-refractivity contribution is 5.84. The first-order chi connectivity index (χ1) is 23.1. The molecule has 8 nitrogen and oxygen atoms in total.